The van der Waals surface area contributed by atoms with E-state index < -0.39 is 5.91 Å². The van der Waals surface area contributed by atoms with Crippen molar-refractivity contribution in [2.24, 2.45) is 7.05 Å². The Bertz CT molecular complexity index is 1360. The van der Waals surface area contributed by atoms with Gasteiger partial charge in [0.2, 0.25) is 17.3 Å². The van der Waals surface area contributed by atoms with E-state index in [9.17, 15) is 14.0 Å². The quantitative estimate of drug-likeness (QED) is 0.488. The van der Waals surface area contributed by atoms with Gasteiger partial charge in [-0.15, -0.1) is 0 Å². The van der Waals surface area contributed by atoms with E-state index in [-0.39, 0.29) is 35.4 Å². The van der Waals surface area contributed by atoms with Crippen molar-refractivity contribution in [2.75, 3.05) is 5.32 Å². The first-order valence-electron chi connectivity index (χ1n) is 9.37. The van der Waals surface area contributed by atoms with Gasteiger partial charge in [-0.3, -0.25) is 19.6 Å². The lowest BCUT2D eigenvalue weighted by Gasteiger charge is -2.15. The van der Waals surface area contributed by atoms with Crippen molar-refractivity contribution in [1.82, 2.24) is 19.3 Å². The fraction of sp³-hybridized carbons (Fsp3) is 0.238. The van der Waals surface area contributed by atoms with E-state index in [1.165, 1.54) is 12.1 Å². The number of carbonyl (C=O) groups excluding carboxylic acids is 1. The van der Waals surface area contributed by atoms with E-state index in [1.54, 1.807) is 34.5 Å². The number of fused-ring (bicyclic) bond motifs is 2. The molecule has 0 spiro atoms. The molecule has 0 aliphatic rings. The number of nitrogens with zero attached hydrogens (tertiary/aromatic N) is 4. The maximum atomic E-state index is 13.5. The molecule has 0 atom stereocenters. The molecule has 2 heterocycles. The largest absolute Gasteiger partial charge is 0.313 e. The number of anilines is 1. The number of rotatable bonds is 4. The molecular weight excluding hydrogens is 453 g/mol. The molecule has 2 aromatic carbocycles. The number of hydrogen-bond donors (Lipinski definition) is 1. The zero-order valence-corrected chi connectivity index (χ0v) is 18.2. The van der Waals surface area contributed by atoms with Gasteiger partial charge in [-0.25, -0.2) is 9.37 Å². The highest BCUT2D eigenvalue weighted by Crippen LogP contribution is 2.21. The molecule has 0 aliphatic carbocycles. The smallest absolute Gasteiger partial charge is 0.232 e. The van der Waals surface area contributed by atoms with Crippen molar-refractivity contribution in [1.29, 1.82) is 0 Å². The van der Waals surface area contributed by atoms with Crippen molar-refractivity contribution in [3.63, 3.8) is 0 Å². The van der Waals surface area contributed by atoms with Crippen LogP contribution >= 0.6 is 15.9 Å². The van der Waals surface area contributed by atoms with Crippen LogP contribution < -0.4 is 10.7 Å². The number of carbonyl (C=O) groups is 1. The van der Waals surface area contributed by atoms with Crippen LogP contribution in [0, 0.1) is 5.82 Å². The SMILES string of the molecule is CC(C)n1nc(CC(=O)Nc2nc3ccc(F)cc3n2C)c(=O)c2ccc(Br)cc21. The summed E-state index contributed by atoms with van der Waals surface area (Å²) in [5, 5.41) is 7.64. The van der Waals surface area contributed by atoms with Gasteiger partial charge in [0.1, 0.15) is 11.5 Å². The second kappa shape index (κ2) is 7.64. The molecule has 0 unspecified atom stereocenters. The first kappa shape index (κ1) is 20.2. The number of hydrogen-bond acceptors (Lipinski definition) is 4. The van der Waals surface area contributed by atoms with E-state index in [0.29, 0.717) is 21.9 Å². The van der Waals surface area contributed by atoms with Crippen molar-refractivity contribution < 1.29 is 9.18 Å². The summed E-state index contributed by atoms with van der Waals surface area (Å²) in [4.78, 5) is 29.9. The molecule has 4 rings (SSSR count). The summed E-state index contributed by atoms with van der Waals surface area (Å²) >= 11 is 3.42. The van der Waals surface area contributed by atoms with Crippen LogP contribution in [-0.2, 0) is 18.3 Å². The standard InChI is InChI=1S/C21H19BrFN5O2/c1-11(2)28-17-8-12(22)4-6-14(17)20(30)16(26-28)10-19(29)25-21-24-15-7-5-13(23)9-18(15)27(21)3/h4-9,11H,10H2,1-3H3,(H,24,25,29). The van der Waals surface area contributed by atoms with Gasteiger partial charge in [0, 0.05) is 22.9 Å². The van der Waals surface area contributed by atoms with Gasteiger partial charge >= 0.3 is 0 Å². The summed E-state index contributed by atoms with van der Waals surface area (Å²) in [5.41, 5.74) is 1.69. The minimum Gasteiger partial charge on any atom is -0.313 e. The average molecular weight is 472 g/mol. The van der Waals surface area contributed by atoms with E-state index in [1.807, 2.05) is 19.9 Å². The minimum absolute atomic E-state index is 0.000975. The van der Waals surface area contributed by atoms with Crippen molar-refractivity contribution in [2.45, 2.75) is 26.3 Å². The maximum absolute atomic E-state index is 13.5. The fourth-order valence-electron chi connectivity index (χ4n) is 3.38. The predicted octanol–water partition coefficient (Wildman–Crippen LogP) is 3.95. The molecule has 9 heteroatoms. The molecule has 0 aliphatic heterocycles. The topological polar surface area (TPSA) is 81.8 Å². The maximum Gasteiger partial charge on any atom is 0.232 e. The first-order valence-corrected chi connectivity index (χ1v) is 10.2. The number of halogens is 2. The highest BCUT2D eigenvalue weighted by atomic mass is 79.9. The van der Waals surface area contributed by atoms with Gasteiger partial charge in [0.25, 0.3) is 0 Å². The molecule has 0 radical (unpaired) electrons. The molecule has 1 amide bonds. The van der Waals surface area contributed by atoms with Gasteiger partial charge in [-0.1, -0.05) is 15.9 Å². The Morgan fingerprint density at radius 1 is 1.20 bits per heavy atom. The first-order chi connectivity index (χ1) is 14.2. The van der Waals surface area contributed by atoms with Crippen LogP contribution in [0.3, 0.4) is 0 Å². The Hall–Kier alpha value is -3.07. The molecule has 0 saturated heterocycles. The summed E-state index contributed by atoms with van der Waals surface area (Å²) in [6.07, 6.45) is -0.199. The number of amides is 1. The Labute approximate surface area is 179 Å². The van der Waals surface area contributed by atoms with Crippen molar-refractivity contribution >= 4 is 49.7 Å². The third kappa shape index (κ3) is 3.60. The molecule has 30 heavy (non-hydrogen) atoms. The number of aromatic nitrogens is 4. The number of benzene rings is 2. The highest BCUT2D eigenvalue weighted by Gasteiger charge is 2.18. The van der Waals surface area contributed by atoms with E-state index >= 15 is 0 Å². The summed E-state index contributed by atoms with van der Waals surface area (Å²) in [6, 6.07) is 9.56. The minimum atomic E-state index is -0.426. The summed E-state index contributed by atoms with van der Waals surface area (Å²) < 4.78 is 17.7. The van der Waals surface area contributed by atoms with Gasteiger partial charge < -0.3 is 4.57 Å². The zero-order chi connectivity index (χ0) is 21.6. The normalized spacial score (nSPS) is 11.5. The Morgan fingerprint density at radius 3 is 2.70 bits per heavy atom. The third-order valence-electron chi connectivity index (χ3n) is 4.85. The van der Waals surface area contributed by atoms with E-state index in [2.05, 4.69) is 31.3 Å². The van der Waals surface area contributed by atoms with Crippen LogP contribution in [0.15, 0.2) is 45.7 Å². The summed E-state index contributed by atoms with van der Waals surface area (Å²) in [6.45, 7) is 3.92. The number of aryl methyl sites for hydroxylation is 1. The van der Waals surface area contributed by atoms with Crippen molar-refractivity contribution in [3.05, 3.63) is 62.6 Å². The Morgan fingerprint density at radius 2 is 1.97 bits per heavy atom. The number of imidazole rings is 1. The van der Waals surface area contributed by atoms with Gasteiger partial charge in [0.15, 0.2) is 0 Å². The molecule has 0 fully saturated rings. The lowest BCUT2D eigenvalue weighted by molar-refractivity contribution is -0.115. The van der Waals surface area contributed by atoms with Crippen LogP contribution in [-0.4, -0.2) is 25.2 Å². The lowest BCUT2D eigenvalue weighted by atomic mass is 10.1. The Kier molecular flexibility index (Phi) is 5.15. The van der Waals surface area contributed by atoms with E-state index in [4.69, 9.17) is 0 Å². The third-order valence-corrected chi connectivity index (χ3v) is 5.35. The summed E-state index contributed by atoms with van der Waals surface area (Å²) in [7, 11) is 1.68. The van der Waals surface area contributed by atoms with Crippen LogP contribution in [0.2, 0.25) is 0 Å². The van der Waals surface area contributed by atoms with Crippen LogP contribution in [0.25, 0.3) is 21.9 Å². The molecule has 0 bridgehead atoms. The van der Waals surface area contributed by atoms with Crippen LogP contribution in [0.4, 0.5) is 10.3 Å². The summed E-state index contributed by atoms with van der Waals surface area (Å²) in [5.74, 6) is -0.538. The Balaban J connectivity index is 1.68. The van der Waals surface area contributed by atoms with Gasteiger partial charge in [0.05, 0.1) is 23.0 Å². The molecule has 0 saturated carbocycles. The highest BCUT2D eigenvalue weighted by molar-refractivity contribution is 9.10. The van der Waals surface area contributed by atoms with Gasteiger partial charge in [-0.05, 0) is 50.2 Å². The predicted molar refractivity (Wildman–Crippen MR) is 117 cm³/mol. The second-order valence-electron chi connectivity index (χ2n) is 7.33. The fourth-order valence-corrected chi connectivity index (χ4v) is 3.73. The monoisotopic (exact) mass is 471 g/mol. The zero-order valence-electron chi connectivity index (χ0n) is 16.6. The second-order valence-corrected chi connectivity index (χ2v) is 8.24. The molecular formula is C21H19BrFN5O2. The molecule has 4 aromatic rings. The molecule has 2 aromatic heterocycles. The van der Waals surface area contributed by atoms with Crippen LogP contribution in [0.5, 0.6) is 0 Å². The molecule has 7 nitrogen and oxygen atoms in total. The average Bonchev–Trinajstić information content (AvgIpc) is 2.98. The lowest BCUT2D eigenvalue weighted by Crippen LogP contribution is -2.26. The number of nitrogens with one attached hydrogen (secondary N) is 1. The molecule has 1 N–H and O–H groups in total. The van der Waals surface area contributed by atoms with E-state index in [0.717, 1.165) is 4.47 Å². The van der Waals surface area contributed by atoms with Crippen LogP contribution in [0.1, 0.15) is 25.6 Å². The van der Waals surface area contributed by atoms with Crippen molar-refractivity contribution in [3.8, 4) is 0 Å². The van der Waals surface area contributed by atoms with Gasteiger partial charge in [-0.2, -0.15) is 5.10 Å². The molecule has 154 valence electrons.